The van der Waals surface area contributed by atoms with Gasteiger partial charge in [0.25, 0.3) is 0 Å². The summed E-state index contributed by atoms with van der Waals surface area (Å²) in [5, 5.41) is 4.35. The summed E-state index contributed by atoms with van der Waals surface area (Å²) >= 11 is 1.68. The molecule has 1 heterocycles. The van der Waals surface area contributed by atoms with Crippen molar-refractivity contribution < 1.29 is 9.53 Å². The van der Waals surface area contributed by atoms with E-state index in [4.69, 9.17) is 4.74 Å². The Morgan fingerprint density at radius 1 is 1.59 bits per heavy atom. The van der Waals surface area contributed by atoms with Gasteiger partial charge in [-0.3, -0.25) is 10.1 Å². The second-order valence-corrected chi connectivity index (χ2v) is 5.40. The Hall–Kier alpha value is -0.940. The van der Waals surface area contributed by atoms with Crippen molar-refractivity contribution in [3.8, 4) is 0 Å². The van der Waals surface area contributed by atoms with E-state index in [9.17, 15) is 4.79 Å². The van der Waals surface area contributed by atoms with E-state index in [1.54, 1.807) is 11.3 Å². The number of aromatic nitrogens is 1. The smallest absolute Gasteiger partial charge is 0.323 e. The van der Waals surface area contributed by atoms with Crippen molar-refractivity contribution in [2.75, 3.05) is 7.11 Å². The van der Waals surface area contributed by atoms with Crippen molar-refractivity contribution in [1.82, 2.24) is 10.3 Å². The van der Waals surface area contributed by atoms with Gasteiger partial charge >= 0.3 is 5.97 Å². The number of hydrogen-bond donors (Lipinski definition) is 1. The number of thiazole rings is 1. The molecule has 5 heteroatoms. The number of hydrogen-bond acceptors (Lipinski definition) is 5. The van der Waals surface area contributed by atoms with Crippen LogP contribution in [0.3, 0.4) is 0 Å². The molecule has 0 aliphatic rings. The first-order valence-electron chi connectivity index (χ1n) is 5.83. The summed E-state index contributed by atoms with van der Waals surface area (Å²) < 4.78 is 4.77. The Labute approximate surface area is 106 Å². The lowest BCUT2D eigenvalue weighted by molar-refractivity contribution is -0.144. The lowest BCUT2D eigenvalue weighted by Crippen LogP contribution is -2.41. The van der Waals surface area contributed by atoms with E-state index in [0.717, 1.165) is 16.3 Å². The van der Waals surface area contributed by atoms with E-state index >= 15 is 0 Å². The highest BCUT2D eigenvalue weighted by molar-refractivity contribution is 7.11. The highest BCUT2D eigenvalue weighted by atomic mass is 32.1. The van der Waals surface area contributed by atoms with Gasteiger partial charge in [0.15, 0.2) is 0 Å². The van der Waals surface area contributed by atoms with Crippen LogP contribution >= 0.6 is 11.3 Å². The first kappa shape index (κ1) is 14.1. The highest BCUT2D eigenvalue weighted by Gasteiger charge is 2.22. The third-order valence-corrected chi connectivity index (χ3v) is 3.66. The van der Waals surface area contributed by atoms with Crippen LogP contribution in [0.15, 0.2) is 6.20 Å². The number of esters is 1. The Morgan fingerprint density at radius 2 is 2.29 bits per heavy atom. The fraction of sp³-hybridized carbons (Fsp3) is 0.667. The second-order valence-electron chi connectivity index (χ2n) is 4.20. The van der Waals surface area contributed by atoms with Gasteiger partial charge < -0.3 is 4.74 Å². The van der Waals surface area contributed by atoms with Crippen molar-refractivity contribution in [2.45, 2.75) is 39.8 Å². The van der Waals surface area contributed by atoms with Gasteiger partial charge in [0.05, 0.1) is 12.1 Å². The van der Waals surface area contributed by atoms with Crippen molar-refractivity contribution in [3.63, 3.8) is 0 Å². The minimum Gasteiger partial charge on any atom is -0.468 e. The summed E-state index contributed by atoms with van der Waals surface area (Å²) in [6.45, 7) is 6.74. The van der Waals surface area contributed by atoms with Gasteiger partial charge in [0, 0.05) is 17.6 Å². The standard InChI is InChI=1S/C12H20N2O2S/c1-5-10-13-6-9(17-10)7-14-11(8(2)3)12(15)16-4/h6,8,11,14H,5,7H2,1-4H3/t11-/m0/s1. The quantitative estimate of drug-likeness (QED) is 0.791. The molecule has 17 heavy (non-hydrogen) atoms. The maximum atomic E-state index is 11.5. The van der Waals surface area contributed by atoms with Gasteiger partial charge in [0.1, 0.15) is 6.04 Å². The molecule has 1 N–H and O–H groups in total. The molecular weight excluding hydrogens is 236 g/mol. The molecule has 0 saturated heterocycles. The minimum atomic E-state index is -0.257. The van der Waals surface area contributed by atoms with Crippen LogP contribution < -0.4 is 5.32 Å². The zero-order valence-corrected chi connectivity index (χ0v) is 11.6. The van der Waals surface area contributed by atoms with Crippen molar-refractivity contribution in [3.05, 3.63) is 16.1 Å². The van der Waals surface area contributed by atoms with Crippen LogP contribution in [0, 0.1) is 5.92 Å². The lowest BCUT2D eigenvalue weighted by Gasteiger charge is -2.19. The molecule has 1 aromatic rings. The molecule has 0 radical (unpaired) electrons. The number of carbonyl (C=O) groups is 1. The van der Waals surface area contributed by atoms with Crippen LogP contribution in [-0.2, 0) is 22.5 Å². The molecular formula is C12H20N2O2S. The van der Waals surface area contributed by atoms with Gasteiger partial charge in [-0.15, -0.1) is 11.3 Å². The second kappa shape index (κ2) is 6.71. The maximum Gasteiger partial charge on any atom is 0.323 e. The van der Waals surface area contributed by atoms with Gasteiger partial charge in [-0.1, -0.05) is 20.8 Å². The Morgan fingerprint density at radius 3 is 2.76 bits per heavy atom. The molecule has 0 amide bonds. The molecule has 1 atom stereocenters. The van der Waals surface area contributed by atoms with E-state index in [0.29, 0.717) is 6.54 Å². The molecule has 0 aliphatic carbocycles. The number of methoxy groups -OCH3 is 1. The van der Waals surface area contributed by atoms with Crippen LogP contribution in [0.5, 0.6) is 0 Å². The van der Waals surface area contributed by atoms with E-state index in [2.05, 4.69) is 17.2 Å². The Bertz CT molecular complexity index is 363. The Balaban J connectivity index is 2.54. The van der Waals surface area contributed by atoms with Crippen molar-refractivity contribution in [1.29, 1.82) is 0 Å². The topological polar surface area (TPSA) is 51.2 Å². The zero-order valence-electron chi connectivity index (χ0n) is 10.8. The third kappa shape index (κ3) is 4.09. The van der Waals surface area contributed by atoms with Crippen LogP contribution in [0.1, 0.15) is 30.7 Å². The molecule has 1 rings (SSSR count). The maximum absolute atomic E-state index is 11.5. The zero-order chi connectivity index (χ0) is 12.8. The minimum absolute atomic E-state index is 0.208. The molecule has 0 unspecified atom stereocenters. The van der Waals surface area contributed by atoms with Gasteiger partial charge in [-0.2, -0.15) is 0 Å². The number of nitrogens with one attached hydrogen (secondary N) is 1. The van der Waals surface area contributed by atoms with Gasteiger partial charge in [-0.05, 0) is 12.3 Å². The molecule has 0 aliphatic heterocycles. The fourth-order valence-corrected chi connectivity index (χ4v) is 2.34. The summed E-state index contributed by atoms with van der Waals surface area (Å²) in [6.07, 6.45) is 2.82. The molecule has 0 aromatic carbocycles. The van der Waals surface area contributed by atoms with Crippen molar-refractivity contribution in [2.24, 2.45) is 5.92 Å². The van der Waals surface area contributed by atoms with E-state index in [-0.39, 0.29) is 17.9 Å². The SMILES string of the molecule is CCc1ncc(CN[C@H](C(=O)OC)C(C)C)s1. The Kier molecular flexibility index (Phi) is 5.58. The van der Waals surface area contributed by atoms with Crippen LogP contribution in [-0.4, -0.2) is 24.1 Å². The largest absolute Gasteiger partial charge is 0.468 e. The first-order valence-corrected chi connectivity index (χ1v) is 6.64. The monoisotopic (exact) mass is 256 g/mol. The van der Waals surface area contributed by atoms with Crippen molar-refractivity contribution >= 4 is 17.3 Å². The van der Waals surface area contributed by atoms with Gasteiger partial charge in [-0.25, -0.2) is 4.98 Å². The third-order valence-electron chi connectivity index (χ3n) is 2.52. The molecule has 4 nitrogen and oxygen atoms in total. The predicted octanol–water partition coefficient (Wildman–Crippen LogP) is 1.99. The summed E-state index contributed by atoms with van der Waals surface area (Å²) in [7, 11) is 1.42. The average molecular weight is 256 g/mol. The molecule has 0 saturated carbocycles. The first-order chi connectivity index (χ1) is 8.08. The van der Waals surface area contributed by atoms with Gasteiger partial charge in [0.2, 0.25) is 0 Å². The van der Waals surface area contributed by atoms with E-state index < -0.39 is 0 Å². The number of ether oxygens (including phenoxy) is 1. The van der Waals surface area contributed by atoms with Crippen LogP contribution in [0.25, 0.3) is 0 Å². The summed E-state index contributed by atoms with van der Waals surface area (Å²) in [5.41, 5.74) is 0. The number of nitrogens with zero attached hydrogens (tertiary/aromatic N) is 1. The molecule has 0 spiro atoms. The van der Waals surface area contributed by atoms with Crippen LogP contribution in [0.4, 0.5) is 0 Å². The number of rotatable bonds is 6. The fourth-order valence-electron chi connectivity index (χ4n) is 1.52. The molecule has 1 aromatic heterocycles. The summed E-state index contributed by atoms with van der Waals surface area (Å²) in [5.74, 6) is 0.00115. The predicted molar refractivity (Wildman–Crippen MR) is 69.0 cm³/mol. The van der Waals surface area contributed by atoms with Crippen LogP contribution in [0.2, 0.25) is 0 Å². The highest BCUT2D eigenvalue weighted by Crippen LogP contribution is 2.14. The molecule has 0 fully saturated rings. The lowest BCUT2D eigenvalue weighted by atomic mass is 10.0. The normalized spacial score (nSPS) is 12.8. The summed E-state index contributed by atoms with van der Waals surface area (Å²) in [6, 6.07) is -0.257. The van der Waals surface area contributed by atoms with E-state index in [1.807, 2.05) is 20.0 Å². The number of carbonyl (C=O) groups excluding carboxylic acids is 1. The molecule has 96 valence electrons. The molecule has 0 bridgehead atoms. The summed E-state index contributed by atoms with van der Waals surface area (Å²) in [4.78, 5) is 17.0. The average Bonchev–Trinajstić information content (AvgIpc) is 2.76. The van der Waals surface area contributed by atoms with E-state index in [1.165, 1.54) is 7.11 Å². The number of aryl methyl sites for hydroxylation is 1.